The summed E-state index contributed by atoms with van der Waals surface area (Å²) in [6.45, 7) is 0.404. The predicted molar refractivity (Wildman–Crippen MR) is 70.8 cm³/mol. The van der Waals surface area contributed by atoms with Gasteiger partial charge < -0.3 is 5.73 Å². The Bertz CT molecular complexity index is 547. The second-order valence-electron chi connectivity index (χ2n) is 3.23. The molecule has 0 fully saturated rings. The number of hydrogen-bond acceptors (Lipinski definition) is 5. The highest BCUT2D eigenvalue weighted by Gasteiger charge is 2.03. The second-order valence-corrected chi connectivity index (χ2v) is 5.34. The Balaban J connectivity index is 1.96. The summed E-state index contributed by atoms with van der Waals surface area (Å²) in [7, 11) is 1.89. The van der Waals surface area contributed by atoms with Crippen LogP contribution in [0.25, 0.3) is 0 Å². The van der Waals surface area contributed by atoms with Gasteiger partial charge in [0.15, 0.2) is 5.16 Å². The normalized spacial score (nSPS) is 10.0. The average molecular weight is 264 g/mol. The second kappa shape index (κ2) is 5.87. The van der Waals surface area contributed by atoms with Gasteiger partial charge in [-0.3, -0.25) is 0 Å². The molecule has 0 unspecified atom stereocenters. The molecular weight excluding hydrogens is 252 g/mol. The van der Waals surface area contributed by atoms with Gasteiger partial charge in [-0.05, 0) is 12.1 Å². The molecule has 17 heavy (non-hydrogen) atoms. The van der Waals surface area contributed by atoms with Gasteiger partial charge in [0.1, 0.15) is 6.33 Å². The SMILES string of the molecule is Cn1ncnc1SCc1ccc(C#CCN)s1. The van der Waals surface area contributed by atoms with Gasteiger partial charge in [-0.1, -0.05) is 23.6 Å². The number of hydrogen-bond donors (Lipinski definition) is 1. The lowest BCUT2D eigenvalue weighted by Gasteiger charge is -1.97. The zero-order chi connectivity index (χ0) is 12.1. The van der Waals surface area contributed by atoms with Crippen LogP contribution in [0.3, 0.4) is 0 Å². The first-order valence-electron chi connectivity index (χ1n) is 5.04. The van der Waals surface area contributed by atoms with Crippen LogP contribution in [0.1, 0.15) is 9.75 Å². The van der Waals surface area contributed by atoms with Crippen molar-refractivity contribution in [1.29, 1.82) is 0 Å². The number of aryl methyl sites for hydroxylation is 1. The molecule has 0 aromatic carbocycles. The summed E-state index contributed by atoms with van der Waals surface area (Å²) in [5.41, 5.74) is 5.33. The minimum Gasteiger partial charge on any atom is -0.320 e. The number of thiophene rings is 1. The summed E-state index contributed by atoms with van der Waals surface area (Å²) in [4.78, 5) is 6.50. The minimum absolute atomic E-state index is 0.404. The van der Waals surface area contributed by atoms with Gasteiger partial charge >= 0.3 is 0 Å². The summed E-state index contributed by atoms with van der Waals surface area (Å²) >= 11 is 3.36. The first-order chi connectivity index (χ1) is 8.29. The summed E-state index contributed by atoms with van der Waals surface area (Å²) in [6, 6.07) is 4.12. The van der Waals surface area contributed by atoms with Crippen molar-refractivity contribution in [3.63, 3.8) is 0 Å². The van der Waals surface area contributed by atoms with Crippen LogP contribution in [0.5, 0.6) is 0 Å². The zero-order valence-electron chi connectivity index (χ0n) is 9.38. The van der Waals surface area contributed by atoms with Crippen LogP contribution in [0, 0.1) is 11.8 Å². The van der Waals surface area contributed by atoms with E-state index in [1.807, 2.05) is 13.1 Å². The molecular formula is C11H12N4S2. The first kappa shape index (κ1) is 12.2. The summed E-state index contributed by atoms with van der Waals surface area (Å²) in [5, 5.41) is 4.95. The van der Waals surface area contributed by atoms with Crippen molar-refractivity contribution in [1.82, 2.24) is 14.8 Å². The molecule has 0 spiro atoms. The van der Waals surface area contributed by atoms with E-state index in [0.717, 1.165) is 15.8 Å². The lowest BCUT2D eigenvalue weighted by Crippen LogP contribution is -1.92. The lowest BCUT2D eigenvalue weighted by molar-refractivity contribution is 0.685. The molecule has 0 atom stereocenters. The summed E-state index contributed by atoms with van der Waals surface area (Å²) in [5.74, 6) is 6.77. The Labute approximate surface area is 108 Å². The molecule has 0 bridgehead atoms. The van der Waals surface area contributed by atoms with Crippen LogP contribution >= 0.6 is 23.1 Å². The molecule has 2 aromatic rings. The summed E-state index contributed by atoms with van der Waals surface area (Å²) in [6.07, 6.45) is 1.56. The quantitative estimate of drug-likeness (QED) is 0.674. The number of nitrogens with two attached hydrogens (primary N) is 1. The Hall–Kier alpha value is -1.29. The maximum atomic E-state index is 5.33. The smallest absolute Gasteiger partial charge is 0.186 e. The molecule has 2 N–H and O–H groups in total. The van der Waals surface area contributed by atoms with Gasteiger partial charge in [-0.25, -0.2) is 9.67 Å². The molecule has 0 saturated carbocycles. The maximum absolute atomic E-state index is 5.33. The monoisotopic (exact) mass is 264 g/mol. The van der Waals surface area contributed by atoms with Crippen LogP contribution in [0.15, 0.2) is 23.6 Å². The highest BCUT2D eigenvalue weighted by molar-refractivity contribution is 7.98. The van der Waals surface area contributed by atoms with E-state index in [-0.39, 0.29) is 0 Å². The molecule has 0 radical (unpaired) electrons. The average Bonchev–Trinajstić information content (AvgIpc) is 2.93. The number of nitrogens with zero attached hydrogens (tertiary/aromatic N) is 3. The fourth-order valence-electron chi connectivity index (χ4n) is 1.21. The van der Waals surface area contributed by atoms with Gasteiger partial charge in [0.2, 0.25) is 0 Å². The van der Waals surface area contributed by atoms with Gasteiger partial charge in [0.05, 0.1) is 11.4 Å². The molecule has 2 rings (SSSR count). The molecule has 2 heterocycles. The van der Waals surface area contributed by atoms with E-state index >= 15 is 0 Å². The van der Waals surface area contributed by atoms with Crippen molar-refractivity contribution in [3.05, 3.63) is 28.2 Å². The van der Waals surface area contributed by atoms with Crippen molar-refractivity contribution in [2.75, 3.05) is 6.54 Å². The number of rotatable bonds is 3. The minimum atomic E-state index is 0.404. The van der Waals surface area contributed by atoms with Crippen molar-refractivity contribution >= 4 is 23.1 Å². The largest absolute Gasteiger partial charge is 0.320 e. The number of aromatic nitrogens is 3. The van der Waals surface area contributed by atoms with Crippen LogP contribution in [-0.4, -0.2) is 21.3 Å². The van der Waals surface area contributed by atoms with E-state index in [2.05, 4.69) is 28.0 Å². The molecule has 0 aliphatic rings. The van der Waals surface area contributed by atoms with Crippen molar-refractivity contribution < 1.29 is 0 Å². The first-order valence-corrected chi connectivity index (χ1v) is 6.84. The van der Waals surface area contributed by atoms with E-state index in [0.29, 0.717) is 6.54 Å². The van der Waals surface area contributed by atoms with E-state index in [1.165, 1.54) is 4.88 Å². The van der Waals surface area contributed by atoms with Gasteiger partial charge in [-0.2, -0.15) is 5.10 Å². The van der Waals surface area contributed by atoms with Gasteiger partial charge in [-0.15, -0.1) is 11.3 Å². The molecule has 4 nitrogen and oxygen atoms in total. The molecule has 0 saturated heterocycles. The van der Waals surface area contributed by atoms with E-state index in [1.54, 1.807) is 34.1 Å². The van der Waals surface area contributed by atoms with E-state index in [9.17, 15) is 0 Å². The third-order valence-corrected chi connectivity index (χ3v) is 4.26. The third-order valence-electron chi connectivity index (χ3n) is 1.99. The zero-order valence-corrected chi connectivity index (χ0v) is 11.0. The van der Waals surface area contributed by atoms with E-state index in [4.69, 9.17) is 5.73 Å². The molecule has 6 heteroatoms. The molecule has 0 amide bonds. The fourth-order valence-corrected chi connectivity index (χ4v) is 3.03. The van der Waals surface area contributed by atoms with Crippen LogP contribution in [0.4, 0.5) is 0 Å². The van der Waals surface area contributed by atoms with Crippen LogP contribution in [-0.2, 0) is 12.8 Å². The van der Waals surface area contributed by atoms with E-state index < -0.39 is 0 Å². The standard InChI is InChI=1S/C11H12N4S2/c1-15-11(13-8-14-15)16-7-10-5-4-9(17-10)3-2-6-12/h4-5,8H,6-7,12H2,1H3. The fraction of sp³-hybridized carbons (Fsp3) is 0.273. The Kier molecular flexibility index (Phi) is 4.20. The third kappa shape index (κ3) is 3.33. The van der Waals surface area contributed by atoms with Crippen LogP contribution < -0.4 is 5.73 Å². The predicted octanol–water partition coefficient (Wildman–Crippen LogP) is 1.48. The van der Waals surface area contributed by atoms with Gasteiger partial charge in [0.25, 0.3) is 0 Å². The lowest BCUT2D eigenvalue weighted by atomic mass is 10.4. The van der Waals surface area contributed by atoms with Crippen molar-refractivity contribution in [3.8, 4) is 11.8 Å². The highest BCUT2D eigenvalue weighted by Crippen LogP contribution is 2.24. The molecule has 0 aliphatic carbocycles. The topological polar surface area (TPSA) is 56.7 Å². The Morgan fingerprint density at radius 1 is 1.53 bits per heavy atom. The highest BCUT2D eigenvalue weighted by atomic mass is 32.2. The maximum Gasteiger partial charge on any atom is 0.186 e. The summed E-state index contributed by atoms with van der Waals surface area (Å²) < 4.78 is 1.77. The van der Waals surface area contributed by atoms with Crippen LogP contribution in [0.2, 0.25) is 0 Å². The Morgan fingerprint density at radius 3 is 3.12 bits per heavy atom. The van der Waals surface area contributed by atoms with Crippen molar-refractivity contribution in [2.24, 2.45) is 12.8 Å². The molecule has 2 aromatic heterocycles. The van der Waals surface area contributed by atoms with Gasteiger partial charge in [0, 0.05) is 17.7 Å². The van der Waals surface area contributed by atoms with Crippen molar-refractivity contribution in [2.45, 2.75) is 10.9 Å². The molecule has 0 aliphatic heterocycles. The Morgan fingerprint density at radius 2 is 2.41 bits per heavy atom. The number of thioether (sulfide) groups is 1. The molecule has 88 valence electrons.